The standard InChI is InChI=1S/C9H12F4N4O/c10-8(11)9(12,13)5-18-4-7(17-14)6-3-15-1-2-16-6/h1-3,7-8,17H,4-5,14H2. The summed E-state index contributed by atoms with van der Waals surface area (Å²) in [6.45, 7) is -1.71. The summed E-state index contributed by atoms with van der Waals surface area (Å²) in [5.74, 6) is 1.00. The third-order valence-electron chi connectivity index (χ3n) is 2.04. The molecule has 1 heterocycles. The molecule has 0 aromatic carbocycles. The molecule has 1 aromatic heterocycles. The molecule has 18 heavy (non-hydrogen) atoms. The zero-order chi connectivity index (χ0) is 13.6. The number of nitrogens with one attached hydrogen (secondary N) is 1. The quantitative estimate of drug-likeness (QED) is 0.436. The first-order valence-electron chi connectivity index (χ1n) is 4.93. The van der Waals surface area contributed by atoms with Crippen molar-refractivity contribution < 1.29 is 22.3 Å². The molecular weight excluding hydrogens is 256 g/mol. The van der Waals surface area contributed by atoms with E-state index in [0.717, 1.165) is 0 Å². The molecule has 3 N–H and O–H groups in total. The Kier molecular flexibility index (Phi) is 5.38. The number of rotatable bonds is 7. The van der Waals surface area contributed by atoms with Gasteiger partial charge in [0.15, 0.2) is 0 Å². The van der Waals surface area contributed by atoms with Crippen molar-refractivity contribution in [3.63, 3.8) is 0 Å². The predicted molar refractivity (Wildman–Crippen MR) is 53.9 cm³/mol. The maximum Gasteiger partial charge on any atom is 0.330 e. The van der Waals surface area contributed by atoms with Gasteiger partial charge in [-0.15, -0.1) is 0 Å². The first-order chi connectivity index (χ1) is 8.47. The van der Waals surface area contributed by atoms with Gasteiger partial charge in [-0.05, 0) is 0 Å². The zero-order valence-electron chi connectivity index (χ0n) is 9.19. The largest absolute Gasteiger partial charge is 0.373 e. The second-order valence-electron chi connectivity index (χ2n) is 3.43. The lowest BCUT2D eigenvalue weighted by Gasteiger charge is -2.18. The van der Waals surface area contributed by atoms with Crippen molar-refractivity contribution in [3.8, 4) is 0 Å². The second kappa shape index (κ2) is 6.57. The molecule has 0 aliphatic heterocycles. The van der Waals surface area contributed by atoms with E-state index < -0.39 is 25.0 Å². The Balaban J connectivity index is 2.47. The molecular formula is C9H12F4N4O. The van der Waals surface area contributed by atoms with Crippen LogP contribution in [-0.4, -0.2) is 35.5 Å². The van der Waals surface area contributed by atoms with Crippen molar-refractivity contribution in [2.75, 3.05) is 13.2 Å². The maximum atomic E-state index is 12.5. The first-order valence-corrected chi connectivity index (χ1v) is 4.93. The Labute approximate surface area is 100 Å². The fourth-order valence-electron chi connectivity index (χ4n) is 1.09. The predicted octanol–water partition coefficient (Wildman–Crippen LogP) is 0.898. The van der Waals surface area contributed by atoms with Gasteiger partial charge in [-0.25, -0.2) is 14.2 Å². The number of nitrogens with zero attached hydrogens (tertiary/aromatic N) is 2. The van der Waals surface area contributed by atoms with Crippen LogP contribution in [0.15, 0.2) is 18.6 Å². The Hall–Kier alpha value is -1.32. The van der Waals surface area contributed by atoms with Gasteiger partial charge in [-0.2, -0.15) is 8.78 Å². The molecule has 102 valence electrons. The van der Waals surface area contributed by atoms with E-state index in [2.05, 4.69) is 20.1 Å². The summed E-state index contributed by atoms with van der Waals surface area (Å²) < 4.78 is 53.3. The molecule has 5 nitrogen and oxygen atoms in total. The van der Waals surface area contributed by atoms with Crippen molar-refractivity contribution >= 4 is 0 Å². The minimum Gasteiger partial charge on any atom is -0.373 e. The fourth-order valence-corrected chi connectivity index (χ4v) is 1.09. The molecule has 0 saturated carbocycles. The molecule has 9 heteroatoms. The molecule has 0 fully saturated rings. The van der Waals surface area contributed by atoms with E-state index in [4.69, 9.17) is 5.84 Å². The number of ether oxygens (including phenoxy) is 1. The van der Waals surface area contributed by atoms with Crippen molar-refractivity contribution in [3.05, 3.63) is 24.3 Å². The summed E-state index contributed by atoms with van der Waals surface area (Å²) >= 11 is 0. The van der Waals surface area contributed by atoms with Gasteiger partial charge in [0.2, 0.25) is 0 Å². The van der Waals surface area contributed by atoms with Gasteiger partial charge in [0.25, 0.3) is 0 Å². The van der Waals surface area contributed by atoms with Crippen LogP contribution < -0.4 is 11.3 Å². The molecule has 0 bridgehead atoms. The monoisotopic (exact) mass is 268 g/mol. The van der Waals surface area contributed by atoms with Gasteiger partial charge in [0.1, 0.15) is 6.61 Å². The molecule has 0 amide bonds. The first kappa shape index (κ1) is 14.7. The van der Waals surface area contributed by atoms with Crippen LogP contribution in [0.5, 0.6) is 0 Å². The van der Waals surface area contributed by atoms with E-state index in [-0.39, 0.29) is 6.61 Å². The molecule has 0 saturated heterocycles. The topological polar surface area (TPSA) is 73.1 Å². The van der Waals surface area contributed by atoms with Gasteiger partial charge in [-0.3, -0.25) is 15.8 Å². The van der Waals surface area contributed by atoms with Crippen LogP contribution in [0.25, 0.3) is 0 Å². The number of aromatic nitrogens is 2. The summed E-state index contributed by atoms with van der Waals surface area (Å²) in [5.41, 5.74) is 2.64. The van der Waals surface area contributed by atoms with Crippen LogP contribution in [0.4, 0.5) is 17.6 Å². The van der Waals surface area contributed by atoms with E-state index in [1.807, 2.05) is 0 Å². The summed E-state index contributed by atoms with van der Waals surface area (Å²) in [6, 6.07) is -0.702. The summed E-state index contributed by atoms with van der Waals surface area (Å²) in [6.07, 6.45) is 0.397. The molecule has 0 spiro atoms. The van der Waals surface area contributed by atoms with Gasteiger partial charge < -0.3 is 4.74 Å². The van der Waals surface area contributed by atoms with E-state index >= 15 is 0 Å². The van der Waals surface area contributed by atoms with Gasteiger partial charge in [-0.1, -0.05) is 0 Å². The molecule has 1 atom stereocenters. The fraction of sp³-hybridized carbons (Fsp3) is 0.556. The second-order valence-corrected chi connectivity index (χ2v) is 3.43. The van der Waals surface area contributed by atoms with Crippen LogP contribution in [0, 0.1) is 0 Å². The molecule has 0 aliphatic rings. The SMILES string of the molecule is NNC(COCC(F)(F)C(F)F)c1cnccn1. The van der Waals surface area contributed by atoms with E-state index in [1.54, 1.807) is 0 Å². The number of halogens is 4. The normalized spacial score (nSPS) is 13.9. The number of hydrogen-bond acceptors (Lipinski definition) is 5. The Morgan fingerprint density at radius 3 is 2.61 bits per heavy atom. The maximum absolute atomic E-state index is 12.5. The number of hydrogen-bond donors (Lipinski definition) is 2. The van der Waals surface area contributed by atoms with Crippen molar-refractivity contribution in [1.29, 1.82) is 0 Å². The Morgan fingerprint density at radius 2 is 2.11 bits per heavy atom. The van der Waals surface area contributed by atoms with Gasteiger partial charge in [0, 0.05) is 12.4 Å². The van der Waals surface area contributed by atoms with Crippen LogP contribution in [0.2, 0.25) is 0 Å². The van der Waals surface area contributed by atoms with Crippen LogP contribution in [0.3, 0.4) is 0 Å². The van der Waals surface area contributed by atoms with Crippen LogP contribution >= 0.6 is 0 Å². The smallest absolute Gasteiger partial charge is 0.330 e. The molecule has 1 rings (SSSR count). The molecule has 1 unspecified atom stereocenters. The highest BCUT2D eigenvalue weighted by Crippen LogP contribution is 2.23. The lowest BCUT2D eigenvalue weighted by Crippen LogP contribution is -2.36. The third kappa shape index (κ3) is 4.17. The van der Waals surface area contributed by atoms with E-state index in [9.17, 15) is 17.6 Å². The highest BCUT2D eigenvalue weighted by Gasteiger charge is 2.41. The minimum atomic E-state index is -4.18. The van der Waals surface area contributed by atoms with Gasteiger partial charge in [0.05, 0.1) is 24.5 Å². The lowest BCUT2D eigenvalue weighted by molar-refractivity contribution is -0.167. The van der Waals surface area contributed by atoms with Gasteiger partial charge >= 0.3 is 12.3 Å². The van der Waals surface area contributed by atoms with Crippen LogP contribution in [0.1, 0.15) is 11.7 Å². The number of nitrogens with two attached hydrogens (primary N) is 1. The molecule has 0 aliphatic carbocycles. The number of alkyl halides is 4. The van der Waals surface area contributed by atoms with Crippen molar-refractivity contribution in [1.82, 2.24) is 15.4 Å². The van der Waals surface area contributed by atoms with E-state index in [0.29, 0.717) is 5.69 Å². The highest BCUT2D eigenvalue weighted by molar-refractivity contribution is 5.01. The average Bonchev–Trinajstić information content (AvgIpc) is 2.35. The Bertz CT molecular complexity index is 352. The third-order valence-corrected chi connectivity index (χ3v) is 2.04. The minimum absolute atomic E-state index is 0.322. The lowest BCUT2D eigenvalue weighted by atomic mass is 10.2. The van der Waals surface area contributed by atoms with Crippen molar-refractivity contribution in [2.45, 2.75) is 18.4 Å². The van der Waals surface area contributed by atoms with Crippen LogP contribution in [-0.2, 0) is 4.74 Å². The molecule has 1 aromatic rings. The van der Waals surface area contributed by atoms with E-state index in [1.165, 1.54) is 18.6 Å². The number of hydrazine groups is 1. The Morgan fingerprint density at radius 1 is 1.39 bits per heavy atom. The average molecular weight is 268 g/mol. The summed E-state index contributed by atoms with van der Waals surface area (Å²) in [5, 5.41) is 0. The highest BCUT2D eigenvalue weighted by atomic mass is 19.3. The zero-order valence-corrected chi connectivity index (χ0v) is 9.19. The summed E-state index contributed by atoms with van der Waals surface area (Å²) in [4.78, 5) is 7.64. The van der Waals surface area contributed by atoms with Crippen molar-refractivity contribution in [2.24, 2.45) is 5.84 Å². The summed E-state index contributed by atoms with van der Waals surface area (Å²) in [7, 11) is 0. The molecule has 0 radical (unpaired) electrons.